The molecular formula is C91H163NO27S3. The Morgan fingerprint density at radius 1 is 0.426 bits per heavy atom. The van der Waals surface area contributed by atoms with Crippen molar-refractivity contribution in [1.29, 1.82) is 0 Å². The fraction of sp³-hybridized carbons (Fsp3) is 0.703. The summed E-state index contributed by atoms with van der Waals surface area (Å²) in [5, 5.41) is 19.7. The van der Waals surface area contributed by atoms with Crippen molar-refractivity contribution in [2.24, 2.45) is 45.8 Å². The number of methoxy groups -OCH3 is 2. The van der Waals surface area contributed by atoms with Crippen LogP contribution < -0.4 is 14.8 Å². The van der Waals surface area contributed by atoms with Gasteiger partial charge in [-0.15, -0.1) is 0 Å². The van der Waals surface area contributed by atoms with Gasteiger partial charge >= 0.3 is 29.8 Å². The number of esters is 5. The monoisotopic (exact) mass is 1800 g/mol. The van der Waals surface area contributed by atoms with Crippen LogP contribution in [0, 0.1) is 45.8 Å². The van der Waals surface area contributed by atoms with E-state index in [1.54, 1.807) is 47.1 Å². The average Bonchev–Trinajstić information content (AvgIpc) is 0.853. The van der Waals surface area contributed by atoms with E-state index in [9.17, 15) is 59.4 Å². The second kappa shape index (κ2) is 73.3. The molecule has 0 radical (unpaired) electrons. The minimum absolute atomic E-state index is 0. The molecule has 1 amide bonds. The van der Waals surface area contributed by atoms with Crippen molar-refractivity contribution in [2.45, 2.75) is 279 Å². The maximum absolute atomic E-state index is 11.6. The third kappa shape index (κ3) is 72.4. The van der Waals surface area contributed by atoms with Crippen LogP contribution in [0.25, 0.3) is 0 Å². The molecule has 7 atom stereocenters. The second-order valence-electron chi connectivity index (χ2n) is 31.5. The first kappa shape index (κ1) is 128. The van der Waals surface area contributed by atoms with Crippen LogP contribution in [0.4, 0.5) is 0 Å². The SMILES string of the molecule is C.C=S(=O)(O)CCCOC(=O)C(C)CC.CCC(C)(C)C(=O)CCCO.CCC(C)(C)C(=O)OCCOC.CCC(C)(C)C(=O)OCCOc1ccccc1.CCC(C)C(=O)CCCO.CCC(C)C(=O)NC(C)(C)CCS(=O)(=O)O.CCC(C)C(=O)OCCOC.CCC(C)C(=O)OCCOc1ccccc1.CCC(C)c1ccc(S(=O)(=O)O)cc1. The van der Waals surface area contributed by atoms with Crippen molar-refractivity contribution in [3.05, 3.63) is 90.5 Å². The van der Waals surface area contributed by atoms with Gasteiger partial charge in [-0.1, -0.05) is 174 Å². The summed E-state index contributed by atoms with van der Waals surface area (Å²) in [4.78, 5) is 90.2. The zero-order valence-corrected chi connectivity index (χ0v) is 80.4. The largest absolute Gasteiger partial charge is 0.490 e. The summed E-state index contributed by atoms with van der Waals surface area (Å²) in [6, 6.07) is 25.3. The number of rotatable bonds is 47. The van der Waals surface area contributed by atoms with Crippen LogP contribution in [0.1, 0.15) is 274 Å². The van der Waals surface area contributed by atoms with Crippen LogP contribution in [0.5, 0.6) is 11.5 Å². The molecule has 7 unspecified atom stereocenters. The fourth-order valence-corrected chi connectivity index (χ4v) is 9.75. The molecule has 0 spiro atoms. The van der Waals surface area contributed by atoms with Gasteiger partial charge in [0.1, 0.15) is 62.7 Å². The molecule has 3 rings (SSSR count). The van der Waals surface area contributed by atoms with Crippen LogP contribution in [0.2, 0.25) is 0 Å². The molecule has 0 bridgehead atoms. The van der Waals surface area contributed by atoms with E-state index in [1.165, 1.54) is 12.1 Å². The second-order valence-corrected chi connectivity index (χ2v) is 36.4. The highest BCUT2D eigenvalue weighted by atomic mass is 32.2. The quantitative estimate of drug-likeness (QED) is 0.0101. The smallest absolute Gasteiger partial charge is 0.311 e. The highest BCUT2D eigenvalue weighted by Crippen LogP contribution is 2.25. The zero-order chi connectivity index (χ0) is 94.7. The minimum atomic E-state index is -4.05. The van der Waals surface area contributed by atoms with E-state index in [2.05, 4.69) is 25.0 Å². The van der Waals surface area contributed by atoms with E-state index in [1.807, 2.05) is 185 Å². The molecule has 6 N–H and O–H groups in total. The van der Waals surface area contributed by atoms with E-state index < -0.39 is 41.0 Å². The van der Waals surface area contributed by atoms with Gasteiger partial charge in [0.15, 0.2) is 0 Å². The van der Waals surface area contributed by atoms with E-state index >= 15 is 0 Å². The van der Waals surface area contributed by atoms with Gasteiger partial charge in [0, 0.05) is 68.8 Å². The molecule has 122 heavy (non-hydrogen) atoms. The molecule has 0 saturated heterocycles. The van der Waals surface area contributed by atoms with Gasteiger partial charge in [0.2, 0.25) is 5.91 Å². The number of benzene rings is 3. The summed E-state index contributed by atoms with van der Waals surface area (Å²) < 4.78 is 125. The fourth-order valence-electron chi connectivity index (χ4n) is 7.93. The van der Waals surface area contributed by atoms with Gasteiger partial charge in [0.25, 0.3) is 20.2 Å². The lowest BCUT2D eigenvalue weighted by molar-refractivity contribution is -0.155. The number of carbonyl (C=O) groups is 8. The number of ketones is 2. The lowest BCUT2D eigenvalue weighted by atomic mass is 9.83. The molecule has 0 saturated carbocycles. The molecule has 0 aromatic heterocycles. The summed E-state index contributed by atoms with van der Waals surface area (Å²) in [5.41, 5.74) is -0.522. The van der Waals surface area contributed by atoms with Gasteiger partial charge in [-0.05, 0) is 179 Å². The highest BCUT2D eigenvalue weighted by molar-refractivity contribution is 7.95. The Balaban J connectivity index is -0.000000245. The first-order valence-electron chi connectivity index (χ1n) is 42.1. The Morgan fingerprint density at radius 3 is 1.11 bits per heavy atom. The number of aliphatic hydroxyl groups is 2. The predicted octanol–water partition coefficient (Wildman–Crippen LogP) is 17.1. The van der Waals surface area contributed by atoms with Crippen LogP contribution in [-0.2, 0) is 102 Å². The summed E-state index contributed by atoms with van der Waals surface area (Å²) in [6.07, 6.45) is 10.3. The third-order valence-corrected chi connectivity index (χ3v) is 21.8. The Morgan fingerprint density at radius 2 is 0.779 bits per heavy atom. The van der Waals surface area contributed by atoms with Gasteiger partial charge in [-0.3, -0.25) is 47.5 Å². The van der Waals surface area contributed by atoms with Crippen molar-refractivity contribution < 1.29 is 126 Å². The molecule has 0 aliphatic rings. The Labute approximate surface area is 735 Å². The van der Waals surface area contributed by atoms with Crippen LogP contribution in [0.15, 0.2) is 89.8 Å². The molecule has 3 aromatic carbocycles. The third-order valence-electron chi connectivity index (χ3n) is 19.3. The molecule has 712 valence electrons. The Kier molecular flexibility index (Phi) is 77.0. The average molecular weight is 1800 g/mol. The summed E-state index contributed by atoms with van der Waals surface area (Å²) in [7, 11) is -7.80. The van der Waals surface area contributed by atoms with Crippen molar-refractivity contribution in [3.63, 3.8) is 0 Å². The number of Topliss-reactive ketones (excluding diaryl/α,β-unsaturated/α-hetero) is 2. The normalized spacial score (nSPS) is 12.9. The molecular weight excluding hydrogens is 1640 g/mol. The number of ether oxygens (including phenoxy) is 9. The summed E-state index contributed by atoms with van der Waals surface area (Å²) >= 11 is 0. The van der Waals surface area contributed by atoms with Crippen LogP contribution in [-0.4, -0.2) is 202 Å². The maximum Gasteiger partial charge on any atom is 0.311 e. The van der Waals surface area contributed by atoms with Crippen molar-refractivity contribution in [2.75, 3.05) is 98.4 Å². The van der Waals surface area contributed by atoms with Gasteiger partial charge in [-0.2, -0.15) is 16.8 Å². The number of hydrogen-bond acceptors (Lipinski definition) is 24. The highest BCUT2D eigenvalue weighted by Gasteiger charge is 2.29. The van der Waals surface area contributed by atoms with E-state index in [0.717, 1.165) is 74.8 Å². The lowest BCUT2D eigenvalue weighted by Crippen LogP contribution is -2.46. The lowest BCUT2D eigenvalue weighted by Gasteiger charge is -2.27. The van der Waals surface area contributed by atoms with E-state index in [0.29, 0.717) is 84.3 Å². The predicted molar refractivity (Wildman–Crippen MR) is 487 cm³/mol. The molecule has 0 heterocycles. The number of carbonyl (C=O) groups excluding carboxylic acids is 8. The van der Waals surface area contributed by atoms with Crippen molar-refractivity contribution in [1.82, 2.24) is 5.32 Å². The molecule has 3 aromatic rings. The first-order valence-corrected chi connectivity index (χ1v) is 47.0. The van der Waals surface area contributed by atoms with Gasteiger partial charge < -0.3 is 62.7 Å². The van der Waals surface area contributed by atoms with Crippen LogP contribution in [0.3, 0.4) is 0 Å². The maximum atomic E-state index is 11.6. The minimum Gasteiger partial charge on any atom is -0.490 e. The Hall–Kier alpha value is -6.94. The summed E-state index contributed by atoms with van der Waals surface area (Å²) in [5.74, 6) is 4.33. The topological polar surface area (TPSA) is 418 Å². The Bertz CT molecular complexity index is 3550. The number of hydrogen-bond donors (Lipinski definition) is 6. The van der Waals surface area contributed by atoms with Crippen molar-refractivity contribution >= 4 is 83.2 Å². The number of amides is 1. The molecule has 31 heteroatoms. The molecule has 0 aliphatic carbocycles. The van der Waals surface area contributed by atoms with Crippen molar-refractivity contribution in [3.8, 4) is 11.5 Å². The number of para-hydroxylation sites is 2. The molecule has 28 nitrogen and oxygen atoms in total. The summed E-state index contributed by atoms with van der Waals surface area (Å²) in [6.45, 7) is 47.4. The standard InChI is InChI=1S/C14H20O3.C13H18O3.C10H21NO4S.C10H14O3S.C9H18O4S.C9H18O3.C9H18O2.C8H16O3.C8H16O2.CH4/c1-4-14(2,3)13(15)17-11-10-16-12-8-6-5-7-9-12;1-3-11(2)13(14)16-10-9-15-12-7-5-4-6-8-12;1-5-8(2)9(12)11-10(3,4)6-7-16(13,14)15;1-3-8(2)9-4-6-10(7-5-9)14(11,12)13;1-4-8(2)9(10)13-6-5-7-14(3,11)12;1-5-9(2,3)8(10)12-7-6-11-4;1-4-9(2,3)8(11)6-5-7-10;1-4-7(2)8(9)11-6-5-10-3;1-3-7(2)8(10)5-4-6-9;/h5-9H,4,10-11H2,1-3H3;4-8,11H,3,9-10H2,1-2H3;8H,5-7H2,1-4H3,(H,11,12)(H,13,14,15);4-8H,3H2,1-2H3,(H,11,12,13);8H,3-7H2,1-2H3,(H,11,12);5-7H2,1-4H3;10H,4-7H2,1-3H3;7H,4-6H2,1-3H3;7,9H,3-6H2,1-2H3;1H4. The molecule has 0 fully saturated rings. The van der Waals surface area contributed by atoms with E-state index in [-0.39, 0.29) is 144 Å². The number of aliphatic hydroxyl groups excluding tert-OH is 2. The van der Waals surface area contributed by atoms with E-state index in [4.69, 9.17) is 66.5 Å². The zero-order valence-electron chi connectivity index (χ0n) is 78.0. The first-order chi connectivity index (χ1) is 56.2. The van der Waals surface area contributed by atoms with Crippen LogP contribution >= 0.6 is 0 Å². The van der Waals surface area contributed by atoms with Gasteiger partial charge in [0.05, 0.1) is 68.9 Å². The van der Waals surface area contributed by atoms with Gasteiger partial charge in [-0.25, -0.2) is 4.21 Å². The molecule has 0 aliphatic heterocycles. The number of nitrogens with one attached hydrogen (secondary N) is 1.